The zero-order valence-corrected chi connectivity index (χ0v) is 38.0. The molecule has 0 spiro atoms. The fourth-order valence-corrected chi connectivity index (χ4v) is 11.3. The Morgan fingerprint density at radius 2 is 0.841 bits per heavy atom. The Morgan fingerprint density at radius 1 is 0.348 bits per heavy atom. The van der Waals surface area contributed by atoms with Gasteiger partial charge in [-0.05, 0) is 124 Å². The largest absolute Gasteiger partial charge is 0.327 e. The minimum atomic E-state index is -0.709. The van der Waals surface area contributed by atoms with E-state index in [1.807, 2.05) is 0 Å². The molecular weight excluding hydrogens is 835 g/mol. The summed E-state index contributed by atoms with van der Waals surface area (Å²) in [6, 6.07) is 93.4. The third kappa shape index (κ3) is 6.65. The van der Waals surface area contributed by atoms with Gasteiger partial charge in [-0.2, -0.15) is 0 Å². The number of fused-ring (bicyclic) bond motifs is 6. The molecule has 2 aromatic heterocycles. The summed E-state index contributed by atoms with van der Waals surface area (Å²) in [6.07, 6.45) is 7.70. The van der Waals surface area contributed by atoms with Gasteiger partial charge < -0.3 is 14.0 Å². The van der Waals surface area contributed by atoms with Crippen LogP contribution in [-0.4, -0.2) is 9.13 Å². The van der Waals surface area contributed by atoms with Crippen molar-refractivity contribution in [3.05, 3.63) is 284 Å². The lowest BCUT2D eigenvalue weighted by Gasteiger charge is -2.49. The number of hydrogen-bond donors (Lipinski definition) is 0. The summed E-state index contributed by atoms with van der Waals surface area (Å²) in [7, 11) is 0. The van der Waals surface area contributed by atoms with Crippen LogP contribution in [0.2, 0.25) is 0 Å². The number of benzene rings is 10. The van der Waals surface area contributed by atoms with Gasteiger partial charge in [0, 0.05) is 44.3 Å². The Morgan fingerprint density at radius 3 is 1.51 bits per heavy atom. The first-order valence-electron chi connectivity index (χ1n) is 23.9. The van der Waals surface area contributed by atoms with Gasteiger partial charge in [0.1, 0.15) is 5.54 Å². The molecule has 0 amide bonds. The van der Waals surface area contributed by atoms with Gasteiger partial charge in [-0.15, -0.1) is 0 Å². The lowest BCUT2D eigenvalue weighted by atomic mass is 9.70. The molecule has 3 nitrogen and oxygen atoms in total. The standard InChI is InChI=1S/C66H47N3/c1-5-22-47(23-6-1)55-32-13-16-36-61(55)66(43-20-19-35-60(66)48-24-7-2-8-25-48)69(54-40-42-65-59(46-54)57-34-15-18-38-63(57)68(65)52-29-11-4-12-30-52)53-31-21-26-49(44-53)50-39-41-64-58(45-50)56-33-14-17-37-62(56)67(64)51-27-9-3-10-28-51/h1-42,44-46H,43H2. The van der Waals surface area contributed by atoms with E-state index in [0.717, 1.165) is 34.7 Å². The summed E-state index contributed by atoms with van der Waals surface area (Å²) in [5.41, 5.74) is 16.9. The van der Waals surface area contributed by atoms with E-state index in [4.69, 9.17) is 0 Å². The second-order valence-corrected chi connectivity index (χ2v) is 18.0. The normalized spacial score (nSPS) is 14.7. The summed E-state index contributed by atoms with van der Waals surface area (Å²) < 4.78 is 4.79. The van der Waals surface area contributed by atoms with Gasteiger partial charge in [0.05, 0.1) is 22.1 Å². The van der Waals surface area contributed by atoms with Gasteiger partial charge in [0.2, 0.25) is 0 Å². The first kappa shape index (κ1) is 40.4. The molecule has 0 bridgehead atoms. The molecule has 1 unspecified atom stereocenters. The molecule has 3 heteroatoms. The Hall–Kier alpha value is -8.92. The number of nitrogens with zero attached hydrogens (tertiary/aromatic N) is 3. The monoisotopic (exact) mass is 881 g/mol. The summed E-state index contributed by atoms with van der Waals surface area (Å²) in [5, 5.41) is 4.89. The van der Waals surface area contributed by atoms with Gasteiger partial charge in [0.15, 0.2) is 0 Å². The molecule has 1 aliphatic rings. The predicted molar refractivity (Wildman–Crippen MR) is 291 cm³/mol. The number of hydrogen-bond acceptors (Lipinski definition) is 1. The third-order valence-corrected chi connectivity index (χ3v) is 14.2. The average molecular weight is 882 g/mol. The van der Waals surface area contributed by atoms with Crippen LogP contribution in [0.5, 0.6) is 0 Å². The van der Waals surface area contributed by atoms with E-state index < -0.39 is 5.54 Å². The van der Waals surface area contributed by atoms with Crippen molar-refractivity contribution in [3.63, 3.8) is 0 Å². The third-order valence-electron chi connectivity index (χ3n) is 14.2. The van der Waals surface area contributed by atoms with Crippen LogP contribution in [0.1, 0.15) is 17.5 Å². The summed E-state index contributed by atoms with van der Waals surface area (Å²) >= 11 is 0. The van der Waals surface area contributed by atoms with Crippen molar-refractivity contribution < 1.29 is 0 Å². The van der Waals surface area contributed by atoms with Crippen LogP contribution in [0.25, 0.3) is 82.8 Å². The maximum Gasteiger partial charge on any atom is 0.100 e. The second-order valence-electron chi connectivity index (χ2n) is 18.0. The van der Waals surface area contributed by atoms with E-state index in [2.05, 4.69) is 287 Å². The fourth-order valence-electron chi connectivity index (χ4n) is 11.3. The highest BCUT2D eigenvalue weighted by molar-refractivity contribution is 6.12. The molecule has 0 fully saturated rings. The highest BCUT2D eigenvalue weighted by Crippen LogP contribution is 2.55. The fraction of sp³-hybridized carbons (Fsp3) is 0.0303. The maximum atomic E-state index is 2.66. The minimum absolute atomic E-state index is 0.709. The Bertz CT molecular complexity index is 3920. The zero-order chi connectivity index (χ0) is 45.7. The van der Waals surface area contributed by atoms with Gasteiger partial charge in [-0.25, -0.2) is 0 Å². The van der Waals surface area contributed by atoms with Gasteiger partial charge in [-0.3, -0.25) is 0 Å². The van der Waals surface area contributed by atoms with Crippen LogP contribution in [0.15, 0.2) is 273 Å². The molecule has 69 heavy (non-hydrogen) atoms. The van der Waals surface area contributed by atoms with Crippen molar-refractivity contribution in [2.45, 2.75) is 12.0 Å². The number of rotatable bonds is 9. The van der Waals surface area contributed by atoms with Crippen LogP contribution >= 0.6 is 0 Å². The number of allylic oxidation sites excluding steroid dienone is 2. The number of aromatic nitrogens is 2. The minimum Gasteiger partial charge on any atom is -0.327 e. The van der Waals surface area contributed by atoms with E-state index in [0.29, 0.717) is 0 Å². The summed E-state index contributed by atoms with van der Waals surface area (Å²) in [5.74, 6) is 0. The molecule has 2 heterocycles. The molecular formula is C66H47N3. The van der Waals surface area contributed by atoms with Crippen LogP contribution in [0.3, 0.4) is 0 Å². The van der Waals surface area contributed by atoms with Crippen LogP contribution in [0.4, 0.5) is 11.4 Å². The molecule has 0 saturated carbocycles. The molecule has 0 aliphatic heterocycles. The molecule has 13 rings (SSSR count). The lowest BCUT2D eigenvalue weighted by molar-refractivity contribution is 0.568. The molecule has 0 N–H and O–H groups in total. The van der Waals surface area contributed by atoms with Crippen molar-refractivity contribution >= 4 is 60.6 Å². The Balaban J connectivity index is 1.09. The zero-order valence-electron chi connectivity index (χ0n) is 38.0. The second kappa shape index (κ2) is 16.7. The van der Waals surface area contributed by atoms with Crippen LogP contribution < -0.4 is 4.90 Å². The average Bonchev–Trinajstić information content (AvgIpc) is 3.94. The van der Waals surface area contributed by atoms with Crippen molar-refractivity contribution in [3.8, 4) is 33.6 Å². The van der Waals surface area contributed by atoms with Crippen molar-refractivity contribution in [2.75, 3.05) is 4.90 Å². The van der Waals surface area contributed by atoms with Crippen molar-refractivity contribution in [1.29, 1.82) is 0 Å². The molecule has 0 saturated heterocycles. The first-order chi connectivity index (χ1) is 34.2. The molecule has 326 valence electrons. The topological polar surface area (TPSA) is 13.1 Å². The molecule has 12 aromatic rings. The molecule has 0 radical (unpaired) electrons. The maximum absolute atomic E-state index is 2.66. The van der Waals surface area contributed by atoms with Gasteiger partial charge >= 0.3 is 0 Å². The predicted octanol–water partition coefficient (Wildman–Crippen LogP) is 17.3. The molecule has 1 aliphatic carbocycles. The van der Waals surface area contributed by atoms with E-state index in [1.165, 1.54) is 77.0 Å². The number of para-hydroxylation sites is 4. The summed E-state index contributed by atoms with van der Waals surface area (Å²) in [6.45, 7) is 0. The van der Waals surface area contributed by atoms with Gasteiger partial charge in [-0.1, -0.05) is 194 Å². The number of anilines is 2. The quantitative estimate of drug-likeness (QED) is 0.141. The Kier molecular flexibility index (Phi) is 9.80. The smallest absolute Gasteiger partial charge is 0.100 e. The van der Waals surface area contributed by atoms with E-state index >= 15 is 0 Å². The van der Waals surface area contributed by atoms with E-state index in [1.54, 1.807) is 0 Å². The SMILES string of the molecule is C1=CCC(c2ccccc2-c2ccccc2)(N(c2cccc(-c3ccc4c(c3)c3ccccc3n4-c3ccccc3)c2)c2ccc3c(c2)c2ccccc2n3-c2ccccc2)C(c2ccccc2)=C1. The van der Waals surface area contributed by atoms with E-state index in [9.17, 15) is 0 Å². The summed E-state index contributed by atoms with van der Waals surface area (Å²) in [4.78, 5) is 2.66. The highest BCUT2D eigenvalue weighted by atomic mass is 15.2. The van der Waals surface area contributed by atoms with Crippen LogP contribution in [-0.2, 0) is 5.54 Å². The molecule has 1 atom stereocenters. The van der Waals surface area contributed by atoms with Crippen molar-refractivity contribution in [2.24, 2.45) is 0 Å². The molecule has 10 aromatic carbocycles. The van der Waals surface area contributed by atoms with E-state index in [-0.39, 0.29) is 0 Å². The Labute approximate surface area is 402 Å². The lowest BCUT2D eigenvalue weighted by Crippen LogP contribution is -2.45. The first-order valence-corrected chi connectivity index (χ1v) is 23.9. The van der Waals surface area contributed by atoms with Crippen molar-refractivity contribution in [1.82, 2.24) is 9.13 Å². The van der Waals surface area contributed by atoms with Gasteiger partial charge in [0.25, 0.3) is 0 Å². The van der Waals surface area contributed by atoms with Crippen LogP contribution in [0, 0.1) is 0 Å². The highest BCUT2D eigenvalue weighted by Gasteiger charge is 2.45.